The predicted octanol–water partition coefficient (Wildman–Crippen LogP) is 5.57. The first kappa shape index (κ1) is 11.6. The maximum Gasteiger partial charge on any atom is 0.0342 e. The molecule has 0 unspecified atom stereocenters. The molecule has 2 aromatic carbocycles. The smallest absolute Gasteiger partial charge is 0.0342 e. The zero-order chi connectivity index (χ0) is 12.2. The summed E-state index contributed by atoms with van der Waals surface area (Å²) in [6.45, 7) is 0. The molecule has 0 aliphatic heterocycles. The van der Waals surface area contributed by atoms with E-state index in [0.717, 1.165) is 0 Å². The fraction of sp³-hybridized carbons (Fsp3) is 0. The highest BCUT2D eigenvalue weighted by molar-refractivity contribution is 7.99. The van der Waals surface area contributed by atoms with Gasteiger partial charge in [-0.3, -0.25) is 0 Å². The number of thiophene rings is 1. The maximum atomic E-state index is 2.19. The van der Waals surface area contributed by atoms with Crippen molar-refractivity contribution < 1.29 is 0 Å². The van der Waals surface area contributed by atoms with Gasteiger partial charge < -0.3 is 0 Å². The SMILES string of the molecule is c1ccc(Sc2ccc(-c3cccs3)cc2)cc1. The van der Waals surface area contributed by atoms with Gasteiger partial charge in [0.25, 0.3) is 0 Å². The highest BCUT2D eigenvalue weighted by atomic mass is 32.2. The maximum absolute atomic E-state index is 2.19. The first-order valence-electron chi connectivity index (χ1n) is 5.79. The molecule has 0 N–H and O–H groups in total. The van der Waals surface area contributed by atoms with Crippen LogP contribution in [0, 0.1) is 0 Å². The molecule has 2 heteroatoms. The lowest BCUT2D eigenvalue weighted by Crippen LogP contribution is -1.75. The van der Waals surface area contributed by atoms with Crippen molar-refractivity contribution in [1.29, 1.82) is 0 Å². The molecule has 0 amide bonds. The van der Waals surface area contributed by atoms with Crippen molar-refractivity contribution >= 4 is 23.1 Å². The minimum atomic E-state index is 1.28. The Kier molecular flexibility index (Phi) is 3.49. The number of hydrogen-bond acceptors (Lipinski definition) is 2. The molecular weight excluding hydrogens is 256 g/mol. The summed E-state index contributed by atoms with van der Waals surface area (Å²) in [6, 6.07) is 23.5. The van der Waals surface area contributed by atoms with E-state index < -0.39 is 0 Å². The predicted molar refractivity (Wildman–Crippen MR) is 80.3 cm³/mol. The fourth-order valence-corrected chi connectivity index (χ4v) is 3.33. The molecule has 88 valence electrons. The van der Waals surface area contributed by atoms with Crippen molar-refractivity contribution in [1.82, 2.24) is 0 Å². The molecule has 1 heterocycles. The Morgan fingerprint density at radius 1 is 0.667 bits per heavy atom. The molecule has 0 spiro atoms. The van der Waals surface area contributed by atoms with Gasteiger partial charge in [0.1, 0.15) is 0 Å². The molecule has 0 aliphatic carbocycles. The Balaban J connectivity index is 1.80. The number of benzene rings is 2. The van der Waals surface area contributed by atoms with Gasteiger partial charge in [-0.15, -0.1) is 11.3 Å². The molecule has 0 atom stereocenters. The Hall–Kier alpha value is -1.51. The van der Waals surface area contributed by atoms with Crippen LogP contribution in [0.1, 0.15) is 0 Å². The lowest BCUT2D eigenvalue weighted by atomic mass is 10.2. The lowest BCUT2D eigenvalue weighted by molar-refractivity contribution is 1.41. The molecule has 0 saturated carbocycles. The van der Waals surface area contributed by atoms with Crippen LogP contribution in [0.4, 0.5) is 0 Å². The average Bonchev–Trinajstić information content (AvgIpc) is 2.95. The van der Waals surface area contributed by atoms with Crippen molar-refractivity contribution in [3.63, 3.8) is 0 Å². The van der Waals surface area contributed by atoms with Crippen LogP contribution in [0.3, 0.4) is 0 Å². The molecule has 0 radical (unpaired) electrons. The Bertz CT molecular complexity index is 595. The molecule has 0 bridgehead atoms. The van der Waals surface area contributed by atoms with E-state index in [9.17, 15) is 0 Å². The van der Waals surface area contributed by atoms with Crippen LogP contribution in [-0.2, 0) is 0 Å². The van der Waals surface area contributed by atoms with Crippen LogP contribution < -0.4 is 0 Å². The van der Waals surface area contributed by atoms with E-state index in [2.05, 4.69) is 66.0 Å². The summed E-state index contributed by atoms with van der Waals surface area (Å²) in [7, 11) is 0. The topological polar surface area (TPSA) is 0 Å². The largest absolute Gasteiger partial charge is 0.144 e. The first-order chi connectivity index (χ1) is 8.92. The minimum Gasteiger partial charge on any atom is -0.144 e. The quantitative estimate of drug-likeness (QED) is 0.598. The normalized spacial score (nSPS) is 10.4. The van der Waals surface area contributed by atoms with Crippen molar-refractivity contribution in [2.45, 2.75) is 9.79 Å². The lowest BCUT2D eigenvalue weighted by Gasteiger charge is -2.02. The Morgan fingerprint density at radius 2 is 1.39 bits per heavy atom. The summed E-state index contributed by atoms with van der Waals surface area (Å²) in [4.78, 5) is 3.88. The van der Waals surface area contributed by atoms with Gasteiger partial charge in [-0.2, -0.15) is 0 Å². The summed E-state index contributed by atoms with van der Waals surface area (Å²) in [5.41, 5.74) is 1.29. The summed E-state index contributed by atoms with van der Waals surface area (Å²) >= 11 is 3.58. The van der Waals surface area contributed by atoms with Crippen molar-refractivity contribution in [3.05, 3.63) is 72.1 Å². The zero-order valence-electron chi connectivity index (χ0n) is 9.74. The van der Waals surface area contributed by atoms with Crippen LogP contribution in [0.2, 0.25) is 0 Å². The van der Waals surface area contributed by atoms with Gasteiger partial charge >= 0.3 is 0 Å². The van der Waals surface area contributed by atoms with E-state index >= 15 is 0 Å². The molecule has 0 saturated heterocycles. The summed E-state index contributed by atoms with van der Waals surface area (Å²) < 4.78 is 0. The number of hydrogen-bond donors (Lipinski definition) is 0. The highest BCUT2D eigenvalue weighted by Crippen LogP contribution is 2.30. The van der Waals surface area contributed by atoms with E-state index in [1.54, 1.807) is 23.1 Å². The van der Waals surface area contributed by atoms with E-state index in [0.29, 0.717) is 0 Å². The van der Waals surface area contributed by atoms with Crippen LogP contribution in [-0.4, -0.2) is 0 Å². The second kappa shape index (κ2) is 5.42. The van der Waals surface area contributed by atoms with Crippen LogP contribution in [0.15, 0.2) is 81.9 Å². The van der Waals surface area contributed by atoms with Crippen molar-refractivity contribution in [2.75, 3.05) is 0 Å². The third-order valence-corrected chi connectivity index (χ3v) is 4.57. The third-order valence-electron chi connectivity index (χ3n) is 2.64. The standard InChI is InChI=1S/C16H12S2/c1-2-5-14(6-3-1)18-15-10-8-13(9-11-15)16-7-4-12-17-16/h1-12H. The third kappa shape index (κ3) is 2.66. The summed E-state index contributed by atoms with van der Waals surface area (Å²) in [6.07, 6.45) is 0. The Labute approximate surface area is 115 Å². The van der Waals surface area contributed by atoms with Gasteiger partial charge in [-0.25, -0.2) is 0 Å². The van der Waals surface area contributed by atoms with Gasteiger partial charge in [0.05, 0.1) is 0 Å². The van der Waals surface area contributed by atoms with Crippen LogP contribution in [0.25, 0.3) is 10.4 Å². The molecule has 1 aromatic heterocycles. The van der Waals surface area contributed by atoms with Crippen molar-refractivity contribution in [2.24, 2.45) is 0 Å². The summed E-state index contributed by atoms with van der Waals surface area (Å²) in [5, 5.41) is 2.11. The van der Waals surface area contributed by atoms with E-state index in [-0.39, 0.29) is 0 Å². The van der Waals surface area contributed by atoms with Gasteiger partial charge in [-0.05, 0) is 41.3 Å². The average molecular weight is 268 g/mol. The van der Waals surface area contributed by atoms with Crippen LogP contribution >= 0.6 is 23.1 Å². The summed E-state index contributed by atoms with van der Waals surface area (Å²) in [5.74, 6) is 0. The van der Waals surface area contributed by atoms with Crippen molar-refractivity contribution in [3.8, 4) is 10.4 Å². The first-order valence-corrected chi connectivity index (χ1v) is 7.48. The van der Waals surface area contributed by atoms with Gasteiger partial charge in [-0.1, -0.05) is 48.2 Å². The molecular formula is C16H12S2. The van der Waals surface area contributed by atoms with Gasteiger partial charge in [0.15, 0.2) is 0 Å². The molecule has 0 fully saturated rings. The molecule has 18 heavy (non-hydrogen) atoms. The molecule has 0 aliphatic rings. The minimum absolute atomic E-state index is 1.28. The molecule has 0 nitrogen and oxygen atoms in total. The van der Waals surface area contributed by atoms with E-state index in [1.807, 2.05) is 6.07 Å². The zero-order valence-corrected chi connectivity index (χ0v) is 11.4. The fourth-order valence-electron chi connectivity index (χ4n) is 1.75. The van der Waals surface area contributed by atoms with Gasteiger partial charge in [0, 0.05) is 14.7 Å². The van der Waals surface area contributed by atoms with Crippen LogP contribution in [0.5, 0.6) is 0 Å². The molecule has 3 aromatic rings. The second-order valence-electron chi connectivity index (χ2n) is 3.92. The van der Waals surface area contributed by atoms with E-state index in [4.69, 9.17) is 0 Å². The highest BCUT2D eigenvalue weighted by Gasteiger charge is 2.00. The van der Waals surface area contributed by atoms with E-state index in [1.165, 1.54) is 20.2 Å². The monoisotopic (exact) mass is 268 g/mol. The van der Waals surface area contributed by atoms with Gasteiger partial charge in [0.2, 0.25) is 0 Å². The molecule has 3 rings (SSSR count). The number of rotatable bonds is 3. The Morgan fingerprint density at radius 3 is 2.06 bits per heavy atom. The second-order valence-corrected chi connectivity index (χ2v) is 6.01.